The van der Waals surface area contributed by atoms with Crippen LogP contribution >= 0.6 is 0 Å². The molecular weight excluding hydrogens is 344 g/mol. The van der Waals surface area contributed by atoms with Gasteiger partial charge in [0.15, 0.2) is 0 Å². The fraction of sp³-hybridized carbons (Fsp3) is 0.333. The Morgan fingerprint density at radius 3 is 2.59 bits per heavy atom. The summed E-state index contributed by atoms with van der Waals surface area (Å²) < 4.78 is 5.93. The molecule has 1 atom stereocenters. The largest absolute Gasteiger partial charge is 0.491 e. The van der Waals surface area contributed by atoms with Crippen molar-refractivity contribution < 1.29 is 19.4 Å². The lowest BCUT2D eigenvalue weighted by Gasteiger charge is -2.24. The van der Waals surface area contributed by atoms with E-state index in [0.717, 1.165) is 11.1 Å². The zero-order valence-corrected chi connectivity index (χ0v) is 15.5. The van der Waals surface area contributed by atoms with E-state index in [1.807, 2.05) is 30.3 Å². The van der Waals surface area contributed by atoms with Crippen molar-refractivity contribution in [3.63, 3.8) is 0 Å². The zero-order chi connectivity index (χ0) is 19.4. The van der Waals surface area contributed by atoms with Gasteiger partial charge in [0.1, 0.15) is 12.4 Å². The number of fused-ring (bicyclic) bond motifs is 1. The van der Waals surface area contributed by atoms with Gasteiger partial charge in [-0.2, -0.15) is 0 Å². The third kappa shape index (κ3) is 3.53. The molecule has 0 aliphatic carbocycles. The first-order valence-electron chi connectivity index (χ1n) is 8.99. The summed E-state index contributed by atoms with van der Waals surface area (Å²) in [4.78, 5) is 25.0. The maximum atomic E-state index is 12.6. The lowest BCUT2D eigenvalue weighted by Crippen LogP contribution is -2.28. The molecule has 0 spiro atoms. The molecule has 1 heterocycles. The normalized spacial score (nSPS) is 17.7. The first-order chi connectivity index (χ1) is 13.0. The molecule has 1 aliphatic rings. The molecule has 3 N–H and O–H groups in total. The molecule has 142 valence electrons. The highest BCUT2D eigenvalue weighted by Crippen LogP contribution is 2.45. The fourth-order valence-corrected chi connectivity index (χ4v) is 3.35. The van der Waals surface area contributed by atoms with Gasteiger partial charge in [-0.25, -0.2) is 0 Å². The monoisotopic (exact) mass is 368 g/mol. The van der Waals surface area contributed by atoms with Gasteiger partial charge in [0, 0.05) is 31.3 Å². The Morgan fingerprint density at radius 1 is 1.19 bits per heavy atom. The van der Waals surface area contributed by atoms with Crippen molar-refractivity contribution in [3.8, 4) is 5.75 Å². The van der Waals surface area contributed by atoms with Crippen molar-refractivity contribution in [2.24, 2.45) is 0 Å². The standard InChI is InChI=1S/C21H24N2O4/c1-21(15-7-4-3-5-8-15)13-27-18-16(20(26)22-2)11-14(12-17(18)21)19(25)23-9-6-10-24/h3-5,7-8,11-12,24H,6,9-10,13H2,1-2H3,(H,22,26)(H,23,25). The molecule has 0 radical (unpaired) electrons. The summed E-state index contributed by atoms with van der Waals surface area (Å²) in [6.07, 6.45) is 0.476. The number of amides is 2. The van der Waals surface area contributed by atoms with Crippen LogP contribution in [0.4, 0.5) is 0 Å². The molecule has 0 bridgehead atoms. The van der Waals surface area contributed by atoms with E-state index < -0.39 is 5.41 Å². The van der Waals surface area contributed by atoms with Gasteiger partial charge in [0.05, 0.1) is 11.0 Å². The van der Waals surface area contributed by atoms with E-state index in [9.17, 15) is 9.59 Å². The molecular formula is C21H24N2O4. The van der Waals surface area contributed by atoms with Crippen molar-refractivity contribution in [2.75, 3.05) is 26.8 Å². The molecule has 0 fully saturated rings. The van der Waals surface area contributed by atoms with Crippen LogP contribution in [0.5, 0.6) is 5.75 Å². The summed E-state index contributed by atoms with van der Waals surface area (Å²) in [6.45, 7) is 2.82. The second-order valence-electron chi connectivity index (χ2n) is 6.80. The predicted molar refractivity (Wildman–Crippen MR) is 102 cm³/mol. The minimum absolute atomic E-state index is 0.00781. The van der Waals surface area contributed by atoms with Crippen LogP contribution in [0, 0.1) is 0 Å². The molecule has 2 aromatic carbocycles. The average Bonchev–Trinajstić information content (AvgIpc) is 3.05. The average molecular weight is 368 g/mol. The molecule has 2 aromatic rings. The number of carbonyl (C=O) groups excluding carboxylic acids is 2. The second-order valence-corrected chi connectivity index (χ2v) is 6.80. The summed E-state index contributed by atoms with van der Waals surface area (Å²) in [6, 6.07) is 13.3. The third-order valence-electron chi connectivity index (χ3n) is 4.95. The van der Waals surface area contributed by atoms with Crippen LogP contribution in [0.25, 0.3) is 0 Å². The van der Waals surface area contributed by atoms with Crippen LogP contribution in [-0.4, -0.2) is 43.7 Å². The Morgan fingerprint density at radius 2 is 1.93 bits per heavy atom. The SMILES string of the molecule is CNC(=O)c1cc(C(=O)NCCCO)cc2c1OCC2(C)c1ccccc1. The first-order valence-corrected chi connectivity index (χ1v) is 8.99. The van der Waals surface area contributed by atoms with Gasteiger partial charge in [-0.15, -0.1) is 0 Å². The Hall–Kier alpha value is -2.86. The highest BCUT2D eigenvalue weighted by molar-refractivity contribution is 6.02. The number of carbonyl (C=O) groups is 2. The lowest BCUT2D eigenvalue weighted by molar-refractivity contribution is 0.0951. The molecule has 3 rings (SSSR count). The molecule has 1 aliphatic heterocycles. The predicted octanol–water partition coefficient (Wildman–Crippen LogP) is 1.86. The van der Waals surface area contributed by atoms with Gasteiger partial charge < -0.3 is 20.5 Å². The van der Waals surface area contributed by atoms with Crippen LogP contribution in [0.2, 0.25) is 0 Å². The minimum atomic E-state index is -0.458. The third-order valence-corrected chi connectivity index (χ3v) is 4.95. The Balaban J connectivity index is 2.08. The number of aliphatic hydroxyl groups excluding tert-OH is 1. The van der Waals surface area contributed by atoms with E-state index in [-0.39, 0.29) is 18.4 Å². The van der Waals surface area contributed by atoms with E-state index in [4.69, 9.17) is 9.84 Å². The molecule has 6 nitrogen and oxygen atoms in total. The quantitative estimate of drug-likeness (QED) is 0.679. The van der Waals surface area contributed by atoms with E-state index in [1.165, 1.54) is 0 Å². The number of hydrogen-bond donors (Lipinski definition) is 3. The van der Waals surface area contributed by atoms with Crippen molar-refractivity contribution in [3.05, 3.63) is 64.7 Å². The maximum absolute atomic E-state index is 12.6. The Labute approximate surface area is 158 Å². The zero-order valence-electron chi connectivity index (χ0n) is 15.5. The molecule has 0 aromatic heterocycles. The number of rotatable bonds is 6. The van der Waals surface area contributed by atoms with Gasteiger partial charge in [-0.3, -0.25) is 9.59 Å². The van der Waals surface area contributed by atoms with Crippen LogP contribution in [0.1, 0.15) is 45.2 Å². The van der Waals surface area contributed by atoms with E-state index in [1.54, 1.807) is 19.2 Å². The second kappa shape index (κ2) is 7.80. The topological polar surface area (TPSA) is 87.7 Å². The van der Waals surface area contributed by atoms with Gasteiger partial charge in [0.2, 0.25) is 0 Å². The van der Waals surface area contributed by atoms with E-state index in [0.29, 0.717) is 36.4 Å². The number of benzene rings is 2. The van der Waals surface area contributed by atoms with Crippen LogP contribution in [0.3, 0.4) is 0 Å². The van der Waals surface area contributed by atoms with Gasteiger partial charge in [-0.1, -0.05) is 30.3 Å². The van der Waals surface area contributed by atoms with Crippen LogP contribution < -0.4 is 15.4 Å². The Kier molecular flexibility index (Phi) is 5.46. The number of nitrogens with one attached hydrogen (secondary N) is 2. The fourth-order valence-electron chi connectivity index (χ4n) is 3.35. The summed E-state index contributed by atoms with van der Waals surface area (Å²) in [7, 11) is 1.55. The maximum Gasteiger partial charge on any atom is 0.254 e. The highest BCUT2D eigenvalue weighted by Gasteiger charge is 2.40. The van der Waals surface area contributed by atoms with Crippen LogP contribution in [0.15, 0.2) is 42.5 Å². The van der Waals surface area contributed by atoms with Gasteiger partial charge in [0.25, 0.3) is 11.8 Å². The van der Waals surface area contributed by atoms with Crippen molar-refractivity contribution in [1.29, 1.82) is 0 Å². The van der Waals surface area contributed by atoms with Gasteiger partial charge >= 0.3 is 0 Å². The molecule has 0 saturated carbocycles. The smallest absolute Gasteiger partial charge is 0.254 e. The van der Waals surface area contributed by atoms with E-state index in [2.05, 4.69) is 17.6 Å². The Bertz CT molecular complexity index is 851. The number of aliphatic hydroxyl groups is 1. The molecule has 6 heteroatoms. The highest BCUT2D eigenvalue weighted by atomic mass is 16.5. The minimum Gasteiger partial charge on any atom is -0.491 e. The van der Waals surface area contributed by atoms with E-state index >= 15 is 0 Å². The number of ether oxygens (including phenoxy) is 1. The molecule has 27 heavy (non-hydrogen) atoms. The molecule has 2 amide bonds. The van der Waals surface area contributed by atoms with Crippen molar-refractivity contribution in [1.82, 2.24) is 10.6 Å². The summed E-state index contributed by atoms with van der Waals surface area (Å²) in [5.41, 5.74) is 2.17. The molecule has 0 saturated heterocycles. The van der Waals surface area contributed by atoms with Crippen molar-refractivity contribution >= 4 is 11.8 Å². The summed E-state index contributed by atoms with van der Waals surface area (Å²) in [5, 5.41) is 14.3. The first kappa shape index (κ1) is 18.9. The summed E-state index contributed by atoms with van der Waals surface area (Å²) >= 11 is 0. The summed E-state index contributed by atoms with van der Waals surface area (Å²) in [5.74, 6) is -0.0557. The lowest BCUT2D eigenvalue weighted by atomic mass is 9.77. The number of hydrogen-bond acceptors (Lipinski definition) is 4. The van der Waals surface area contributed by atoms with Gasteiger partial charge in [-0.05, 0) is 31.0 Å². The van der Waals surface area contributed by atoms with Crippen LogP contribution in [-0.2, 0) is 5.41 Å². The molecule has 1 unspecified atom stereocenters. The van der Waals surface area contributed by atoms with Crippen molar-refractivity contribution in [2.45, 2.75) is 18.8 Å².